The van der Waals surface area contributed by atoms with E-state index in [1.165, 1.54) is 6.20 Å². The lowest BCUT2D eigenvalue weighted by atomic mass is 10.2. The molecule has 0 saturated carbocycles. The summed E-state index contributed by atoms with van der Waals surface area (Å²) in [5, 5.41) is 13.0. The number of aromatic amines is 1. The van der Waals surface area contributed by atoms with Gasteiger partial charge in [0.25, 0.3) is 5.91 Å². The molecule has 2 N–H and O–H groups in total. The quantitative estimate of drug-likeness (QED) is 0.746. The maximum Gasteiger partial charge on any atom is 0.269 e. The Morgan fingerprint density at radius 1 is 1.39 bits per heavy atom. The summed E-state index contributed by atoms with van der Waals surface area (Å²) in [6, 6.07) is 8.48. The number of carbonyl (C=O) groups is 1. The number of ether oxygens (including phenoxy) is 1. The number of amides is 1. The highest BCUT2D eigenvalue weighted by Crippen LogP contribution is 2.22. The Bertz CT molecular complexity index is 797. The van der Waals surface area contributed by atoms with Crippen LogP contribution in [0.3, 0.4) is 0 Å². The average Bonchev–Trinajstić information content (AvgIpc) is 3.26. The second-order valence-corrected chi connectivity index (χ2v) is 4.85. The normalized spacial score (nSPS) is 11.9. The van der Waals surface area contributed by atoms with Crippen LogP contribution in [0.2, 0.25) is 0 Å². The number of aromatic nitrogens is 4. The van der Waals surface area contributed by atoms with Crippen LogP contribution >= 0.6 is 0 Å². The van der Waals surface area contributed by atoms with Crippen molar-refractivity contribution in [2.45, 2.75) is 13.0 Å². The Hall–Kier alpha value is -3.16. The topological polar surface area (TPSA) is 106 Å². The Kier molecular flexibility index (Phi) is 4.05. The van der Waals surface area contributed by atoms with Crippen LogP contribution in [0.4, 0.5) is 0 Å². The number of rotatable bonds is 5. The van der Waals surface area contributed by atoms with E-state index >= 15 is 0 Å². The summed E-state index contributed by atoms with van der Waals surface area (Å²) >= 11 is 0. The molecule has 1 atom stereocenters. The summed E-state index contributed by atoms with van der Waals surface area (Å²) in [7, 11) is 1.59. The van der Waals surface area contributed by atoms with E-state index in [1.807, 2.05) is 24.3 Å². The van der Waals surface area contributed by atoms with Gasteiger partial charge in [-0.15, -0.1) is 0 Å². The minimum absolute atomic E-state index is 0.295. The lowest BCUT2D eigenvalue weighted by Crippen LogP contribution is -2.27. The second-order valence-electron chi connectivity index (χ2n) is 4.85. The summed E-state index contributed by atoms with van der Waals surface area (Å²) in [6.07, 6.45) is 1.51. The van der Waals surface area contributed by atoms with Gasteiger partial charge in [-0.1, -0.05) is 17.3 Å². The van der Waals surface area contributed by atoms with Gasteiger partial charge in [-0.3, -0.25) is 9.89 Å². The predicted octanol–water partition coefficient (Wildman–Crippen LogP) is 1.96. The highest BCUT2D eigenvalue weighted by atomic mass is 16.5. The third-order valence-corrected chi connectivity index (χ3v) is 3.23. The molecule has 1 amide bonds. The molecule has 2 heterocycles. The van der Waals surface area contributed by atoms with Crippen molar-refractivity contribution in [3.63, 3.8) is 0 Å². The van der Waals surface area contributed by atoms with Crippen molar-refractivity contribution >= 4 is 5.91 Å². The first-order chi connectivity index (χ1) is 11.2. The molecule has 0 radical (unpaired) electrons. The van der Waals surface area contributed by atoms with Gasteiger partial charge in [-0.25, -0.2) is 0 Å². The van der Waals surface area contributed by atoms with E-state index in [2.05, 4.69) is 25.7 Å². The maximum atomic E-state index is 12.0. The summed E-state index contributed by atoms with van der Waals surface area (Å²) < 4.78 is 10.4. The summed E-state index contributed by atoms with van der Waals surface area (Å²) in [5.41, 5.74) is 1.14. The standard InChI is InChI=1S/C15H15N5O3/c1-9(17-14(21)12-6-7-16-19-12)15-18-13(20-23-15)10-4-3-5-11(8-10)22-2/h3-9H,1-2H3,(H,16,19)(H,17,21)/t9-/m1/s1. The van der Waals surface area contributed by atoms with E-state index in [-0.39, 0.29) is 5.91 Å². The lowest BCUT2D eigenvalue weighted by molar-refractivity contribution is 0.0927. The zero-order valence-corrected chi connectivity index (χ0v) is 12.6. The molecule has 0 bridgehead atoms. The van der Waals surface area contributed by atoms with Crippen LogP contribution in [0, 0.1) is 0 Å². The van der Waals surface area contributed by atoms with Crippen LogP contribution < -0.4 is 10.1 Å². The monoisotopic (exact) mass is 313 g/mol. The predicted molar refractivity (Wildman–Crippen MR) is 80.8 cm³/mol. The Morgan fingerprint density at radius 2 is 2.26 bits per heavy atom. The van der Waals surface area contributed by atoms with Crippen molar-refractivity contribution in [3.8, 4) is 17.1 Å². The Morgan fingerprint density at radius 3 is 3.00 bits per heavy atom. The number of hydrogen-bond donors (Lipinski definition) is 2. The molecule has 3 aromatic rings. The summed E-state index contributed by atoms with van der Waals surface area (Å²) in [6.45, 7) is 1.76. The lowest BCUT2D eigenvalue weighted by Gasteiger charge is -2.07. The van der Waals surface area contributed by atoms with E-state index in [0.29, 0.717) is 23.2 Å². The summed E-state index contributed by atoms with van der Waals surface area (Å²) in [5.74, 6) is 1.16. The Labute approximate surface area is 131 Å². The smallest absolute Gasteiger partial charge is 0.269 e. The number of nitrogens with zero attached hydrogens (tertiary/aromatic N) is 3. The molecule has 0 unspecified atom stereocenters. The number of carbonyl (C=O) groups excluding carboxylic acids is 1. The van der Waals surface area contributed by atoms with Crippen LogP contribution in [0.15, 0.2) is 41.1 Å². The molecular formula is C15H15N5O3. The van der Waals surface area contributed by atoms with Gasteiger partial charge in [0, 0.05) is 11.8 Å². The molecule has 0 aliphatic heterocycles. The molecule has 2 aromatic heterocycles. The van der Waals surface area contributed by atoms with Crippen molar-refractivity contribution in [3.05, 3.63) is 48.1 Å². The highest BCUT2D eigenvalue weighted by Gasteiger charge is 2.18. The molecule has 0 fully saturated rings. The van der Waals surface area contributed by atoms with Crippen LogP contribution in [0.5, 0.6) is 5.75 Å². The van der Waals surface area contributed by atoms with Gasteiger partial charge in [0.05, 0.1) is 7.11 Å². The molecule has 0 aliphatic rings. The summed E-state index contributed by atoms with van der Waals surface area (Å²) in [4.78, 5) is 16.3. The van der Waals surface area contributed by atoms with Gasteiger partial charge in [0.2, 0.25) is 11.7 Å². The molecule has 1 aromatic carbocycles. The molecule has 23 heavy (non-hydrogen) atoms. The van der Waals surface area contributed by atoms with E-state index in [1.54, 1.807) is 20.1 Å². The molecule has 8 heteroatoms. The molecule has 0 aliphatic carbocycles. The van der Waals surface area contributed by atoms with E-state index in [4.69, 9.17) is 9.26 Å². The molecule has 3 rings (SSSR count). The van der Waals surface area contributed by atoms with Crippen molar-refractivity contribution in [1.82, 2.24) is 25.7 Å². The number of hydrogen-bond acceptors (Lipinski definition) is 6. The van der Waals surface area contributed by atoms with E-state index < -0.39 is 6.04 Å². The third-order valence-electron chi connectivity index (χ3n) is 3.23. The molecular weight excluding hydrogens is 298 g/mol. The number of H-pyrrole nitrogens is 1. The third kappa shape index (κ3) is 3.20. The first-order valence-corrected chi connectivity index (χ1v) is 6.95. The van der Waals surface area contributed by atoms with Crippen molar-refractivity contribution < 1.29 is 14.1 Å². The number of nitrogens with one attached hydrogen (secondary N) is 2. The molecule has 0 saturated heterocycles. The van der Waals surface area contributed by atoms with Crippen LogP contribution in [-0.4, -0.2) is 33.4 Å². The fraction of sp³-hybridized carbons (Fsp3) is 0.200. The molecule has 0 spiro atoms. The number of methoxy groups -OCH3 is 1. The zero-order valence-electron chi connectivity index (χ0n) is 12.6. The average molecular weight is 313 g/mol. The van der Waals surface area contributed by atoms with Gasteiger partial charge in [0.15, 0.2) is 0 Å². The number of benzene rings is 1. The van der Waals surface area contributed by atoms with Crippen LogP contribution in [-0.2, 0) is 0 Å². The van der Waals surface area contributed by atoms with E-state index in [9.17, 15) is 4.79 Å². The van der Waals surface area contributed by atoms with Gasteiger partial charge in [-0.05, 0) is 25.1 Å². The van der Waals surface area contributed by atoms with Crippen molar-refractivity contribution in [1.29, 1.82) is 0 Å². The minimum Gasteiger partial charge on any atom is -0.497 e. The Balaban J connectivity index is 1.74. The van der Waals surface area contributed by atoms with Gasteiger partial charge >= 0.3 is 0 Å². The van der Waals surface area contributed by atoms with Crippen LogP contribution in [0.1, 0.15) is 29.3 Å². The maximum absolute atomic E-state index is 12.0. The highest BCUT2D eigenvalue weighted by molar-refractivity contribution is 5.92. The SMILES string of the molecule is COc1cccc(-c2noc([C@@H](C)NC(=O)c3ccn[nH]3)n2)c1. The second kappa shape index (κ2) is 6.30. The zero-order chi connectivity index (χ0) is 16.2. The molecule has 118 valence electrons. The fourth-order valence-corrected chi connectivity index (χ4v) is 2.01. The van der Waals surface area contributed by atoms with Crippen molar-refractivity contribution in [2.75, 3.05) is 7.11 Å². The van der Waals surface area contributed by atoms with Gasteiger partial charge in [-0.2, -0.15) is 10.1 Å². The van der Waals surface area contributed by atoms with Crippen molar-refractivity contribution in [2.24, 2.45) is 0 Å². The van der Waals surface area contributed by atoms with Gasteiger partial charge < -0.3 is 14.6 Å². The molecule has 8 nitrogen and oxygen atoms in total. The van der Waals surface area contributed by atoms with Gasteiger partial charge in [0.1, 0.15) is 17.5 Å². The van der Waals surface area contributed by atoms with E-state index in [0.717, 1.165) is 5.56 Å². The largest absolute Gasteiger partial charge is 0.497 e. The van der Waals surface area contributed by atoms with Crippen LogP contribution in [0.25, 0.3) is 11.4 Å². The first-order valence-electron chi connectivity index (χ1n) is 6.95. The minimum atomic E-state index is -0.433. The fourth-order valence-electron chi connectivity index (χ4n) is 2.01. The first kappa shape index (κ1) is 14.8.